The van der Waals surface area contributed by atoms with Crippen molar-refractivity contribution in [2.75, 3.05) is 16.9 Å². The lowest BCUT2D eigenvalue weighted by atomic mass is 9.79. The molecule has 35 heavy (non-hydrogen) atoms. The van der Waals surface area contributed by atoms with Crippen LogP contribution in [0.4, 0.5) is 11.4 Å². The summed E-state index contributed by atoms with van der Waals surface area (Å²) < 4.78 is 5.36. The lowest BCUT2D eigenvalue weighted by molar-refractivity contribution is -0.132. The van der Waals surface area contributed by atoms with Crippen LogP contribution < -0.4 is 14.5 Å². The number of benzene rings is 2. The predicted octanol–water partition coefficient (Wildman–Crippen LogP) is 3.90. The highest BCUT2D eigenvalue weighted by Crippen LogP contribution is 2.50. The van der Waals surface area contributed by atoms with Gasteiger partial charge in [-0.3, -0.25) is 19.2 Å². The molecule has 2 aromatic carbocycles. The zero-order chi connectivity index (χ0) is 25.2. The van der Waals surface area contributed by atoms with Crippen LogP contribution in [0.1, 0.15) is 43.6 Å². The fraction of sp³-hybridized carbons (Fsp3) is 0.357. The number of ether oxygens (including phenoxy) is 1. The van der Waals surface area contributed by atoms with Crippen molar-refractivity contribution in [1.29, 1.82) is 0 Å². The molecule has 0 saturated carbocycles. The molecule has 0 aliphatic carbocycles. The molecule has 2 aromatic rings. The van der Waals surface area contributed by atoms with E-state index in [0.717, 1.165) is 11.3 Å². The van der Waals surface area contributed by atoms with Crippen LogP contribution in [-0.2, 0) is 14.4 Å². The number of carbonyl (C=O) groups excluding carboxylic acids is 4. The smallest absolute Gasteiger partial charge is 0.240 e. The molecule has 3 aliphatic heterocycles. The van der Waals surface area contributed by atoms with Crippen molar-refractivity contribution < 1.29 is 23.9 Å². The zero-order valence-electron chi connectivity index (χ0n) is 20.4. The fourth-order valence-electron chi connectivity index (χ4n) is 5.52. The van der Waals surface area contributed by atoms with Crippen LogP contribution in [0.3, 0.4) is 0 Å². The molecule has 2 saturated heterocycles. The summed E-state index contributed by atoms with van der Waals surface area (Å²) >= 11 is 0. The molecule has 5 rings (SSSR count). The number of carbonyl (C=O) groups is 4. The molecule has 4 atom stereocenters. The molecule has 0 bridgehead atoms. The first-order chi connectivity index (χ1) is 16.5. The van der Waals surface area contributed by atoms with Gasteiger partial charge in [0.1, 0.15) is 11.8 Å². The van der Waals surface area contributed by atoms with Crippen molar-refractivity contribution in [2.24, 2.45) is 17.3 Å². The van der Waals surface area contributed by atoms with Gasteiger partial charge in [0.25, 0.3) is 0 Å². The van der Waals surface area contributed by atoms with E-state index in [2.05, 4.69) is 0 Å². The number of hydrogen-bond acceptors (Lipinski definition) is 6. The van der Waals surface area contributed by atoms with E-state index in [4.69, 9.17) is 4.74 Å². The highest BCUT2D eigenvalue weighted by molar-refractivity contribution is 6.25. The summed E-state index contributed by atoms with van der Waals surface area (Å²) in [6.45, 7) is 6.98. The van der Waals surface area contributed by atoms with Crippen LogP contribution in [0.15, 0.2) is 48.5 Å². The third-order valence-corrected chi connectivity index (χ3v) is 7.25. The summed E-state index contributed by atoms with van der Waals surface area (Å²) in [6, 6.07) is 10.9. The highest BCUT2D eigenvalue weighted by Gasteiger charge is 2.65. The topological polar surface area (TPSA) is 84.0 Å². The molecule has 3 heterocycles. The van der Waals surface area contributed by atoms with Gasteiger partial charge in [0, 0.05) is 22.2 Å². The van der Waals surface area contributed by atoms with E-state index in [0.29, 0.717) is 17.0 Å². The molecular weight excluding hydrogens is 444 g/mol. The van der Waals surface area contributed by atoms with Gasteiger partial charge in [0.15, 0.2) is 11.6 Å². The lowest BCUT2D eigenvalue weighted by Crippen LogP contribution is -2.51. The maximum atomic E-state index is 13.8. The summed E-state index contributed by atoms with van der Waals surface area (Å²) in [6.07, 6.45) is 3.85. The monoisotopic (exact) mass is 472 g/mol. The van der Waals surface area contributed by atoms with Crippen molar-refractivity contribution in [2.45, 2.75) is 39.8 Å². The molecule has 0 radical (unpaired) electrons. The molecule has 7 nitrogen and oxygen atoms in total. The van der Waals surface area contributed by atoms with Gasteiger partial charge in [0.2, 0.25) is 11.8 Å². The maximum Gasteiger partial charge on any atom is 0.240 e. The Labute approximate surface area is 204 Å². The first-order valence-electron chi connectivity index (χ1n) is 11.7. The Morgan fingerprint density at radius 1 is 0.943 bits per heavy atom. The Balaban J connectivity index is 1.61. The van der Waals surface area contributed by atoms with Crippen LogP contribution in [-0.4, -0.2) is 42.6 Å². The van der Waals surface area contributed by atoms with Crippen LogP contribution >= 0.6 is 0 Å². The minimum Gasteiger partial charge on any atom is -0.497 e. The van der Waals surface area contributed by atoms with E-state index >= 15 is 0 Å². The van der Waals surface area contributed by atoms with Gasteiger partial charge in [-0.15, -0.1) is 0 Å². The van der Waals surface area contributed by atoms with Crippen LogP contribution in [0.2, 0.25) is 0 Å². The first kappa shape index (κ1) is 23.0. The minimum atomic E-state index is -0.801. The molecule has 180 valence electrons. The van der Waals surface area contributed by atoms with Crippen LogP contribution in [0.25, 0.3) is 6.08 Å². The van der Waals surface area contributed by atoms with E-state index in [1.54, 1.807) is 31.4 Å². The molecule has 3 aliphatic rings. The zero-order valence-corrected chi connectivity index (χ0v) is 20.4. The molecule has 7 heteroatoms. The Hall–Kier alpha value is -3.74. The number of hydrogen-bond donors (Lipinski definition) is 0. The second-order valence-corrected chi connectivity index (χ2v) is 10.4. The predicted molar refractivity (Wildman–Crippen MR) is 132 cm³/mol. The molecular formula is C28H28N2O5. The quantitative estimate of drug-likeness (QED) is 0.496. The van der Waals surface area contributed by atoms with Crippen molar-refractivity contribution in [1.82, 2.24) is 0 Å². The SMILES string of the molecule is COc1ccc2c(c1)C=C[C@@H]1[C@@H]3C(=O)N(c4ccc(C(C)=O)cc4)C(=O)[C@@H]3[C@@H](C(=O)C(C)(C)C)N21. The minimum absolute atomic E-state index is 0.0815. The Bertz CT molecular complexity index is 1290. The van der Waals surface area contributed by atoms with Gasteiger partial charge in [-0.25, -0.2) is 4.90 Å². The van der Waals surface area contributed by atoms with E-state index in [9.17, 15) is 19.2 Å². The second kappa shape index (κ2) is 7.90. The van der Waals surface area contributed by atoms with Gasteiger partial charge in [0.05, 0.1) is 30.7 Å². The summed E-state index contributed by atoms with van der Waals surface area (Å²) in [5, 5.41) is 0. The number of ketones is 2. The Kier molecular flexibility index (Phi) is 5.20. The van der Waals surface area contributed by atoms with Gasteiger partial charge in [-0.1, -0.05) is 32.9 Å². The number of imide groups is 1. The van der Waals surface area contributed by atoms with E-state index in [1.807, 2.05) is 56.0 Å². The maximum absolute atomic E-state index is 13.8. The average molecular weight is 473 g/mol. The highest BCUT2D eigenvalue weighted by atomic mass is 16.5. The van der Waals surface area contributed by atoms with Crippen molar-refractivity contribution in [3.8, 4) is 5.75 Å². The third kappa shape index (κ3) is 3.40. The van der Waals surface area contributed by atoms with E-state index in [-0.39, 0.29) is 23.4 Å². The largest absolute Gasteiger partial charge is 0.497 e. The summed E-state index contributed by atoms with van der Waals surface area (Å²) in [5.41, 5.74) is 1.90. The molecule has 0 unspecified atom stereocenters. The molecule has 0 N–H and O–H groups in total. The lowest BCUT2D eigenvalue weighted by Gasteiger charge is -2.38. The number of fused-ring (bicyclic) bond motifs is 5. The van der Waals surface area contributed by atoms with Gasteiger partial charge in [-0.05, 0) is 49.4 Å². The number of methoxy groups -OCH3 is 1. The second-order valence-electron chi connectivity index (χ2n) is 10.4. The summed E-state index contributed by atoms with van der Waals surface area (Å²) in [7, 11) is 1.60. The number of Topliss-reactive ketones (excluding diaryl/α,β-unsaturated/α-hetero) is 2. The molecule has 0 spiro atoms. The normalized spacial score (nSPS) is 24.8. The standard InChI is InChI=1S/C28H28N2O5/c1-15(31)16-6-9-18(10-7-16)29-26(33)22-21-12-8-17-14-19(35-5)11-13-20(17)30(21)24(23(22)27(29)34)25(32)28(2,3)4/h6-14,21-24H,1-5H3/t21-,22+,23+,24+/m1/s1. The van der Waals surface area contributed by atoms with Crippen molar-refractivity contribution in [3.63, 3.8) is 0 Å². The first-order valence-corrected chi connectivity index (χ1v) is 11.7. The van der Waals surface area contributed by atoms with Gasteiger partial charge >= 0.3 is 0 Å². The summed E-state index contributed by atoms with van der Waals surface area (Å²) in [4.78, 5) is 56.2. The van der Waals surface area contributed by atoms with E-state index < -0.39 is 29.3 Å². The molecule has 2 fully saturated rings. The number of rotatable bonds is 4. The number of nitrogens with zero attached hydrogens (tertiary/aromatic N) is 2. The molecule has 0 aromatic heterocycles. The average Bonchev–Trinajstić information content (AvgIpc) is 3.30. The van der Waals surface area contributed by atoms with Crippen molar-refractivity contribution >= 4 is 40.8 Å². The number of anilines is 2. The van der Waals surface area contributed by atoms with Crippen LogP contribution in [0.5, 0.6) is 5.75 Å². The Morgan fingerprint density at radius 2 is 1.60 bits per heavy atom. The van der Waals surface area contributed by atoms with Gasteiger partial charge in [-0.2, -0.15) is 0 Å². The van der Waals surface area contributed by atoms with Gasteiger partial charge < -0.3 is 9.64 Å². The third-order valence-electron chi connectivity index (χ3n) is 7.25. The molecule has 2 amide bonds. The number of amides is 2. The van der Waals surface area contributed by atoms with Crippen LogP contribution in [0, 0.1) is 17.3 Å². The Morgan fingerprint density at radius 3 is 2.20 bits per heavy atom. The van der Waals surface area contributed by atoms with E-state index in [1.165, 1.54) is 11.8 Å². The van der Waals surface area contributed by atoms with Crippen molar-refractivity contribution in [3.05, 3.63) is 59.7 Å². The fourth-order valence-corrected chi connectivity index (χ4v) is 5.52. The summed E-state index contributed by atoms with van der Waals surface area (Å²) in [5.74, 6) is -1.67.